The van der Waals surface area contributed by atoms with Crippen LogP contribution in [0.4, 0.5) is 0 Å². The van der Waals surface area contributed by atoms with Gasteiger partial charge in [0.05, 0.1) is 6.10 Å². The smallest absolute Gasteiger partial charge is 0.331 e. The van der Waals surface area contributed by atoms with Gasteiger partial charge in [0.25, 0.3) is 0 Å². The summed E-state index contributed by atoms with van der Waals surface area (Å²) in [6, 6.07) is 0. The fraction of sp³-hybridized carbons (Fsp3) is 0.700. The van der Waals surface area contributed by atoms with Crippen molar-refractivity contribution in [1.29, 1.82) is 0 Å². The Morgan fingerprint density at radius 2 is 2.08 bits per heavy atom. The van der Waals surface area contributed by atoms with Gasteiger partial charge in [-0.05, 0) is 49.4 Å². The maximum atomic E-state index is 11.9. The Hall–Kier alpha value is -1.62. The molecule has 0 aromatic carbocycles. The SMILES string of the molecule is CC1CC(O)C2(C)C(C(=O)O)=CCCC2C1(C)CCC1=CCNC1=O. The van der Waals surface area contributed by atoms with Gasteiger partial charge < -0.3 is 15.5 Å². The summed E-state index contributed by atoms with van der Waals surface area (Å²) in [5.41, 5.74) is 0.378. The maximum Gasteiger partial charge on any atom is 0.331 e. The number of allylic oxidation sites excluding steroid dienone is 1. The van der Waals surface area contributed by atoms with Crippen molar-refractivity contribution in [1.82, 2.24) is 5.32 Å². The molecule has 2 aliphatic carbocycles. The Morgan fingerprint density at radius 3 is 2.68 bits per heavy atom. The van der Waals surface area contributed by atoms with Crippen LogP contribution in [0.1, 0.15) is 52.9 Å². The number of hydrogen-bond donors (Lipinski definition) is 3. The number of nitrogens with one attached hydrogen (secondary N) is 1. The third kappa shape index (κ3) is 2.73. The lowest BCUT2D eigenvalue weighted by Gasteiger charge is -2.59. The number of fused-ring (bicyclic) bond motifs is 1. The van der Waals surface area contributed by atoms with Crippen molar-refractivity contribution in [3.8, 4) is 0 Å². The van der Waals surface area contributed by atoms with E-state index in [-0.39, 0.29) is 23.2 Å². The Labute approximate surface area is 149 Å². The van der Waals surface area contributed by atoms with Crippen molar-refractivity contribution < 1.29 is 19.8 Å². The van der Waals surface area contributed by atoms with E-state index in [0.29, 0.717) is 25.0 Å². The summed E-state index contributed by atoms with van der Waals surface area (Å²) < 4.78 is 0. The fourth-order valence-electron chi connectivity index (χ4n) is 5.55. The molecule has 3 N–H and O–H groups in total. The average Bonchev–Trinajstić information content (AvgIpc) is 2.96. The molecule has 0 spiro atoms. The third-order valence-corrected chi connectivity index (χ3v) is 7.37. The van der Waals surface area contributed by atoms with Crippen LogP contribution in [0.15, 0.2) is 23.3 Å². The number of rotatable bonds is 4. The molecule has 3 aliphatic rings. The van der Waals surface area contributed by atoms with Gasteiger partial charge in [-0.15, -0.1) is 0 Å². The van der Waals surface area contributed by atoms with Gasteiger partial charge in [0.2, 0.25) is 5.91 Å². The van der Waals surface area contributed by atoms with Gasteiger partial charge in [-0.3, -0.25) is 4.79 Å². The number of amides is 1. The first-order chi connectivity index (χ1) is 11.7. The highest BCUT2D eigenvalue weighted by Gasteiger charge is 2.59. The van der Waals surface area contributed by atoms with Gasteiger partial charge in [-0.2, -0.15) is 0 Å². The van der Waals surface area contributed by atoms with Crippen LogP contribution in [0.3, 0.4) is 0 Å². The average molecular weight is 347 g/mol. The number of aliphatic carboxylic acids is 1. The number of aliphatic hydroxyl groups excluding tert-OH is 1. The minimum atomic E-state index is -0.916. The van der Waals surface area contributed by atoms with Crippen LogP contribution in [0.5, 0.6) is 0 Å². The van der Waals surface area contributed by atoms with Crippen LogP contribution < -0.4 is 5.32 Å². The molecule has 1 heterocycles. The van der Waals surface area contributed by atoms with Crippen LogP contribution in [0.2, 0.25) is 0 Å². The van der Waals surface area contributed by atoms with E-state index in [9.17, 15) is 19.8 Å². The molecule has 0 aromatic rings. The molecule has 5 heteroatoms. The first-order valence-electron chi connectivity index (χ1n) is 9.30. The number of carboxylic acids is 1. The molecule has 138 valence electrons. The highest BCUT2D eigenvalue weighted by atomic mass is 16.4. The highest BCUT2D eigenvalue weighted by molar-refractivity contribution is 5.95. The Kier molecular flexibility index (Phi) is 4.56. The normalized spacial score (nSPS) is 40.8. The van der Waals surface area contributed by atoms with E-state index in [1.807, 2.05) is 13.0 Å². The predicted octanol–water partition coefficient (Wildman–Crippen LogP) is 2.66. The van der Waals surface area contributed by atoms with Crippen molar-refractivity contribution in [2.24, 2.45) is 22.7 Å². The number of carbonyl (C=O) groups excluding carboxylic acids is 1. The fourth-order valence-corrected chi connectivity index (χ4v) is 5.55. The monoisotopic (exact) mass is 347 g/mol. The number of carbonyl (C=O) groups is 2. The van der Waals surface area contributed by atoms with Gasteiger partial charge in [-0.25, -0.2) is 4.79 Å². The number of hydrogen-bond acceptors (Lipinski definition) is 3. The summed E-state index contributed by atoms with van der Waals surface area (Å²) in [6.07, 6.45) is 6.88. The van der Waals surface area contributed by atoms with Gasteiger partial charge in [0.1, 0.15) is 0 Å². The van der Waals surface area contributed by atoms with Crippen molar-refractivity contribution in [2.45, 2.75) is 59.0 Å². The van der Waals surface area contributed by atoms with Crippen LogP contribution >= 0.6 is 0 Å². The first kappa shape index (κ1) is 18.2. The second-order valence-electron chi connectivity index (χ2n) is 8.43. The molecule has 5 nitrogen and oxygen atoms in total. The zero-order valence-corrected chi connectivity index (χ0v) is 15.3. The third-order valence-electron chi connectivity index (χ3n) is 7.37. The molecule has 1 fully saturated rings. The molecule has 25 heavy (non-hydrogen) atoms. The minimum Gasteiger partial charge on any atom is -0.478 e. The highest BCUT2D eigenvalue weighted by Crippen LogP contribution is 2.62. The summed E-state index contributed by atoms with van der Waals surface area (Å²) in [5.74, 6) is -0.524. The topological polar surface area (TPSA) is 86.6 Å². The molecule has 5 unspecified atom stereocenters. The molecule has 1 saturated carbocycles. The van der Waals surface area contributed by atoms with Crippen molar-refractivity contribution in [3.05, 3.63) is 23.3 Å². The zero-order valence-electron chi connectivity index (χ0n) is 15.3. The molecular weight excluding hydrogens is 318 g/mol. The predicted molar refractivity (Wildman–Crippen MR) is 94.8 cm³/mol. The van der Waals surface area contributed by atoms with Crippen LogP contribution in [-0.2, 0) is 9.59 Å². The van der Waals surface area contributed by atoms with E-state index in [2.05, 4.69) is 19.2 Å². The summed E-state index contributed by atoms with van der Waals surface area (Å²) >= 11 is 0. The van der Waals surface area contributed by atoms with Crippen LogP contribution in [0, 0.1) is 22.7 Å². The van der Waals surface area contributed by atoms with E-state index in [4.69, 9.17) is 0 Å². The second-order valence-corrected chi connectivity index (χ2v) is 8.43. The summed E-state index contributed by atoms with van der Waals surface area (Å²) in [5, 5.41) is 23.3. The first-order valence-corrected chi connectivity index (χ1v) is 9.30. The summed E-state index contributed by atoms with van der Waals surface area (Å²) in [7, 11) is 0. The summed E-state index contributed by atoms with van der Waals surface area (Å²) in [4.78, 5) is 23.7. The Morgan fingerprint density at radius 1 is 1.36 bits per heavy atom. The maximum absolute atomic E-state index is 11.9. The molecule has 3 rings (SSSR count). The molecule has 0 bridgehead atoms. The van der Waals surface area contributed by atoms with Gasteiger partial charge in [0.15, 0.2) is 0 Å². The van der Waals surface area contributed by atoms with Crippen molar-refractivity contribution >= 4 is 11.9 Å². The van der Waals surface area contributed by atoms with Gasteiger partial charge >= 0.3 is 5.97 Å². The number of aliphatic hydroxyl groups is 1. The molecular formula is C20H29NO4. The van der Waals surface area contributed by atoms with E-state index in [1.54, 1.807) is 6.08 Å². The molecule has 0 saturated heterocycles. The zero-order chi connectivity index (χ0) is 18.4. The van der Waals surface area contributed by atoms with E-state index >= 15 is 0 Å². The quantitative estimate of drug-likeness (QED) is 0.730. The van der Waals surface area contributed by atoms with Crippen LogP contribution in [-0.4, -0.2) is 34.7 Å². The second kappa shape index (κ2) is 6.27. The lowest BCUT2D eigenvalue weighted by atomic mass is 9.45. The molecule has 0 radical (unpaired) electrons. The van der Waals surface area contributed by atoms with Crippen molar-refractivity contribution in [2.75, 3.05) is 6.54 Å². The Balaban J connectivity index is 1.92. The van der Waals surface area contributed by atoms with Crippen LogP contribution in [0.25, 0.3) is 0 Å². The van der Waals surface area contributed by atoms with Crippen molar-refractivity contribution in [3.63, 3.8) is 0 Å². The molecule has 1 amide bonds. The van der Waals surface area contributed by atoms with Gasteiger partial charge in [-0.1, -0.05) is 32.9 Å². The lowest BCUT2D eigenvalue weighted by molar-refractivity contribution is -0.148. The van der Waals surface area contributed by atoms with E-state index in [0.717, 1.165) is 24.8 Å². The van der Waals surface area contributed by atoms with Gasteiger partial charge in [0, 0.05) is 23.1 Å². The lowest BCUT2D eigenvalue weighted by Crippen LogP contribution is -2.57. The number of carboxylic acid groups (broad SMARTS) is 1. The Bertz CT molecular complexity index is 652. The van der Waals surface area contributed by atoms with E-state index in [1.165, 1.54) is 0 Å². The largest absolute Gasteiger partial charge is 0.478 e. The standard InChI is InChI=1S/C20H29NO4/c1-12-11-16(22)20(3)14(18(24)25)5-4-6-15(20)19(12,2)9-7-13-8-10-21-17(13)23/h5,8,12,15-16,22H,4,6-7,9-11H2,1-3H3,(H,21,23)(H,24,25). The molecule has 0 aromatic heterocycles. The van der Waals surface area contributed by atoms with E-state index < -0.39 is 17.5 Å². The molecule has 1 aliphatic heterocycles. The minimum absolute atomic E-state index is 0.0182. The molecule has 5 atom stereocenters. The summed E-state index contributed by atoms with van der Waals surface area (Å²) in [6.45, 7) is 6.91.